The number of benzene rings is 1. The van der Waals surface area contributed by atoms with Gasteiger partial charge in [0.2, 0.25) is 5.82 Å². The first-order valence-corrected chi connectivity index (χ1v) is 9.57. The molecule has 2 aromatic heterocycles. The Labute approximate surface area is 168 Å². The molecule has 0 aliphatic carbocycles. The van der Waals surface area contributed by atoms with Crippen LogP contribution >= 0.6 is 11.6 Å². The van der Waals surface area contributed by atoms with E-state index < -0.39 is 5.91 Å². The van der Waals surface area contributed by atoms with Crippen LogP contribution in [0.1, 0.15) is 46.9 Å². The molecule has 3 aromatic rings. The van der Waals surface area contributed by atoms with Gasteiger partial charge in [0.1, 0.15) is 0 Å². The first-order chi connectivity index (χ1) is 13.4. The molecule has 2 N–H and O–H groups in total. The maximum absolute atomic E-state index is 12.8. The van der Waals surface area contributed by atoms with Gasteiger partial charge >= 0.3 is 0 Å². The zero-order chi connectivity index (χ0) is 20.3. The Morgan fingerprint density at radius 2 is 1.96 bits per heavy atom. The molecular weight excluding hydrogens is 376 g/mol. The molecule has 6 nitrogen and oxygen atoms in total. The third-order valence-electron chi connectivity index (χ3n) is 4.40. The molecule has 0 radical (unpaired) electrons. The molecule has 0 bridgehead atoms. The van der Waals surface area contributed by atoms with Crippen LogP contribution in [-0.4, -0.2) is 27.7 Å². The summed E-state index contributed by atoms with van der Waals surface area (Å²) in [6.45, 7) is 6.64. The second kappa shape index (κ2) is 8.44. The Morgan fingerprint density at radius 1 is 1.18 bits per heavy atom. The average molecular weight is 399 g/mol. The highest BCUT2D eigenvalue weighted by Gasteiger charge is 2.21. The molecule has 2 amide bonds. The summed E-state index contributed by atoms with van der Waals surface area (Å²) in [5, 5.41) is 6.23. The molecule has 0 saturated heterocycles. The minimum absolute atomic E-state index is 0.186. The van der Waals surface area contributed by atoms with Crippen molar-refractivity contribution in [2.24, 2.45) is 5.92 Å². The molecular formula is C21H23ClN4O2. The molecule has 0 aliphatic heterocycles. The largest absolute Gasteiger partial charge is 0.349 e. The number of anilines is 1. The number of pyridine rings is 1. The van der Waals surface area contributed by atoms with Gasteiger partial charge in [-0.3, -0.25) is 14.0 Å². The highest BCUT2D eigenvalue weighted by molar-refractivity contribution is 6.31. The number of carbonyl (C=O) groups is 2. The van der Waals surface area contributed by atoms with Crippen LogP contribution in [0.4, 0.5) is 5.69 Å². The number of hydrogen-bond acceptors (Lipinski definition) is 3. The van der Waals surface area contributed by atoms with Gasteiger partial charge in [0, 0.05) is 23.5 Å². The number of aryl methyl sites for hydroxylation is 1. The Kier molecular flexibility index (Phi) is 5.99. The Hall–Kier alpha value is -2.86. The first kappa shape index (κ1) is 19.9. The normalized spacial score (nSPS) is 11.0. The van der Waals surface area contributed by atoms with Crippen LogP contribution in [0.15, 0.2) is 42.6 Å². The monoisotopic (exact) mass is 398 g/mol. The van der Waals surface area contributed by atoms with E-state index >= 15 is 0 Å². The Morgan fingerprint density at radius 3 is 2.68 bits per heavy atom. The van der Waals surface area contributed by atoms with Gasteiger partial charge in [-0.15, -0.1) is 0 Å². The summed E-state index contributed by atoms with van der Waals surface area (Å²) in [5.74, 6) is -0.0319. The third-order valence-corrected chi connectivity index (χ3v) is 4.81. The number of aromatic nitrogens is 2. The fraction of sp³-hybridized carbons (Fsp3) is 0.286. The van der Waals surface area contributed by atoms with Crippen molar-refractivity contribution < 1.29 is 9.59 Å². The van der Waals surface area contributed by atoms with Crippen LogP contribution in [0.3, 0.4) is 0 Å². The summed E-state index contributed by atoms with van der Waals surface area (Å²) in [6.07, 6.45) is 2.59. The maximum Gasteiger partial charge on any atom is 0.287 e. The minimum Gasteiger partial charge on any atom is -0.349 e. The summed E-state index contributed by atoms with van der Waals surface area (Å²) >= 11 is 6.13. The van der Waals surface area contributed by atoms with E-state index in [1.807, 2.05) is 13.0 Å². The molecule has 0 aliphatic rings. The smallest absolute Gasteiger partial charge is 0.287 e. The zero-order valence-corrected chi connectivity index (χ0v) is 16.9. The van der Waals surface area contributed by atoms with Gasteiger partial charge in [-0.05, 0) is 49.1 Å². The van der Waals surface area contributed by atoms with Gasteiger partial charge in [-0.1, -0.05) is 37.6 Å². The molecule has 0 atom stereocenters. The van der Waals surface area contributed by atoms with E-state index in [2.05, 4.69) is 29.5 Å². The number of nitrogens with zero attached hydrogens (tertiary/aromatic N) is 2. The summed E-state index contributed by atoms with van der Waals surface area (Å²) < 4.78 is 1.63. The van der Waals surface area contributed by atoms with Crippen molar-refractivity contribution in [1.29, 1.82) is 0 Å². The lowest BCUT2D eigenvalue weighted by molar-refractivity contribution is 0.0941. The van der Waals surface area contributed by atoms with Crippen molar-refractivity contribution in [2.45, 2.75) is 27.2 Å². The molecule has 2 heterocycles. The van der Waals surface area contributed by atoms with Gasteiger partial charge in [-0.2, -0.15) is 0 Å². The summed E-state index contributed by atoms with van der Waals surface area (Å²) in [7, 11) is 0. The lowest BCUT2D eigenvalue weighted by Gasteiger charge is -2.06. The molecule has 0 fully saturated rings. The third kappa shape index (κ3) is 4.34. The summed E-state index contributed by atoms with van der Waals surface area (Å²) in [4.78, 5) is 29.7. The van der Waals surface area contributed by atoms with E-state index in [0.717, 1.165) is 12.0 Å². The summed E-state index contributed by atoms with van der Waals surface area (Å²) in [5.41, 5.74) is 2.24. The number of hydrogen-bond donors (Lipinski definition) is 2. The van der Waals surface area contributed by atoms with Crippen LogP contribution in [0.5, 0.6) is 0 Å². The summed E-state index contributed by atoms with van der Waals surface area (Å²) in [6, 6.07) is 10.6. The van der Waals surface area contributed by atoms with Crippen molar-refractivity contribution >= 4 is 34.6 Å². The number of nitrogens with one attached hydrogen (secondary N) is 2. The first-order valence-electron chi connectivity index (χ1n) is 9.19. The van der Waals surface area contributed by atoms with Gasteiger partial charge < -0.3 is 10.6 Å². The molecule has 1 aromatic carbocycles. The SMILES string of the molecule is Cc1ccc(NC(=O)c2nc(C(=O)NCCC(C)C)n3ccccc23)cc1Cl. The zero-order valence-electron chi connectivity index (χ0n) is 16.1. The van der Waals surface area contributed by atoms with Crippen molar-refractivity contribution in [3.63, 3.8) is 0 Å². The number of rotatable bonds is 6. The molecule has 7 heteroatoms. The van der Waals surface area contributed by atoms with Gasteiger partial charge in [0.15, 0.2) is 5.69 Å². The fourth-order valence-electron chi connectivity index (χ4n) is 2.78. The second-order valence-electron chi connectivity index (χ2n) is 7.10. The van der Waals surface area contributed by atoms with Gasteiger partial charge in [-0.25, -0.2) is 4.98 Å². The Bertz CT molecular complexity index is 1030. The van der Waals surface area contributed by atoms with Crippen molar-refractivity contribution in [2.75, 3.05) is 11.9 Å². The number of imidazole rings is 1. The molecule has 0 saturated carbocycles. The Balaban J connectivity index is 1.87. The number of halogens is 1. The van der Waals surface area contributed by atoms with Crippen molar-refractivity contribution in [1.82, 2.24) is 14.7 Å². The van der Waals surface area contributed by atoms with Crippen LogP contribution in [0.2, 0.25) is 5.02 Å². The lowest BCUT2D eigenvalue weighted by Crippen LogP contribution is -2.27. The molecule has 28 heavy (non-hydrogen) atoms. The number of carbonyl (C=O) groups excluding carboxylic acids is 2. The fourth-order valence-corrected chi connectivity index (χ4v) is 2.96. The molecule has 146 valence electrons. The van der Waals surface area contributed by atoms with E-state index in [4.69, 9.17) is 11.6 Å². The van der Waals surface area contributed by atoms with Crippen LogP contribution in [0, 0.1) is 12.8 Å². The number of fused-ring (bicyclic) bond motifs is 1. The highest BCUT2D eigenvalue weighted by atomic mass is 35.5. The van der Waals surface area contributed by atoms with E-state index in [-0.39, 0.29) is 17.4 Å². The van der Waals surface area contributed by atoms with E-state index in [1.165, 1.54) is 0 Å². The predicted molar refractivity (Wildman–Crippen MR) is 111 cm³/mol. The quantitative estimate of drug-likeness (QED) is 0.649. The van der Waals surface area contributed by atoms with Crippen molar-refractivity contribution in [3.05, 3.63) is 64.7 Å². The minimum atomic E-state index is -0.398. The van der Waals surface area contributed by atoms with E-state index in [0.29, 0.717) is 28.7 Å². The maximum atomic E-state index is 12.8. The van der Waals surface area contributed by atoms with Crippen LogP contribution in [-0.2, 0) is 0 Å². The molecule has 0 unspecified atom stereocenters. The van der Waals surface area contributed by atoms with Crippen molar-refractivity contribution in [3.8, 4) is 0 Å². The average Bonchev–Trinajstić information content (AvgIpc) is 3.04. The van der Waals surface area contributed by atoms with Crippen LogP contribution < -0.4 is 10.6 Å². The van der Waals surface area contributed by atoms with E-state index in [1.54, 1.807) is 40.9 Å². The van der Waals surface area contributed by atoms with Gasteiger partial charge in [0.05, 0.1) is 5.52 Å². The highest BCUT2D eigenvalue weighted by Crippen LogP contribution is 2.21. The molecule has 0 spiro atoms. The van der Waals surface area contributed by atoms with Crippen LogP contribution in [0.25, 0.3) is 5.52 Å². The second-order valence-corrected chi connectivity index (χ2v) is 7.50. The molecule has 3 rings (SSSR count). The van der Waals surface area contributed by atoms with E-state index in [9.17, 15) is 9.59 Å². The standard InChI is InChI=1S/C21H23ClN4O2/c1-13(2)9-10-23-21(28)19-25-18(17-6-4-5-11-26(17)19)20(27)24-15-8-7-14(3)16(22)12-15/h4-8,11-13H,9-10H2,1-3H3,(H,23,28)(H,24,27). The predicted octanol–water partition coefficient (Wildman–Crippen LogP) is 4.32. The van der Waals surface area contributed by atoms with Gasteiger partial charge in [0.25, 0.3) is 11.8 Å². The topological polar surface area (TPSA) is 75.5 Å². The number of amides is 2. The lowest BCUT2D eigenvalue weighted by atomic mass is 10.1.